The molecule has 30 heavy (non-hydrogen) atoms. The Balaban J connectivity index is 1.50. The smallest absolute Gasteiger partial charge is 0.231 e. The third-order valence-electron chi connectivity index (χ3n) is 6.25. The molecular formula is C25H26N2O3. The number of nitrogens with zero attached hydrogens (tertiary/aromatic N) is 2. The number of carbonyl (C=O) groups excluding carboxylic acids is 1. The maximum atomic E-state index is 13.1. The second-order valence-electron chi connectivity index (χ2n) is 8.57. The molecule has 0 unspecified atom stereocenters. The first-order valence-corrected chi connectivity index (χ1v) is 10.6. The minimum absolute atomic E-state index is 0.133. The predicted octanol–water partition coefficient (Wildman–Crippen LogP) is 4.73. The number of piperidine rings is 1. The molecule has 5 rings (SSSR count). The van der Waals surface area contributed by atoms with E-state index >= 15 is 0 Å². The van der Waals surface area contributed by atoms with Crippen molar-refractivity contribution in [3.8, 4) is 11.5 Å². The van der Waals surface area contributed by atoms with E-state index in [1.807, 2.05) is 42.1 Å². The standard InChI is InChI=1S/C25H26N2O3/c1-16-6-5-11-27(13-16)15-20-22(28)10-9-19-24(29)23(30-25(19)20)12-17-14-26(2)21-8-4-3-7-18(17)21/h3-4,7-10,12,14,16,28H,5-6,11,13,15H2,1-2H3/b23-12-/t16-/m1/s1. The molecule has 1 fully saturated rings. The molecule has 0 aliphatic carbocycles. The van der Waals surface area contributed by atoms with E-state index in [-0.39, 0.29) is 11.5 Å². The van der Waals surface area contributed by atoms with Gasteiger partial charge in [-0.1, -0.05) is 25.1 Å². The largest absolute Gasteiger partial charge is 0.507 e. The van der Waals surface area contributed by atoms with E-state index < -0.39 is 0 Å². The maximum absolute atomic E-state index is 13.1. The number of rotatable bonds is 3. The summed E-state index contributed by atoms with van der Waals surface area (Å²) in [6, 6.07) is 11.4. The number of aromatic hydroxyl groups is 1. The fourth-order valence-corrected chi connectivity index (χ4v) is 4.73. The third kappa shape index (κ3) is 3.19. The number of phenolic OH excluding ortho intramolecular Hbond substituents is 1. The summed E-state index contributed by atoms with van der Waals surface area (Å²) in [6.45, 7) is 4.84. The highest BCUT2D eigenvalue weighted by atomic mass is 16.5. The number of likely N-dealkylation sites (tertiary alicyclic amines) is 1. The molecule has 1 N–H and O–H groups in total. The summed E-state index contributed by atoms with van der Waals surface area (Å²) in [5.41, 5.74) is 3.28. The molecule has 1 saturated heterocycles. The minimum Gasteiger partial charge on any atom is -0.507 e. The molecule has 2 aliphatic heterocycles. The minimum atomic E-state index is -0.133. The van der Waals surface area contributed by atoms with Crippen molar-refractivity contribution in [1.82, 2.24) is 9.47 Å². The van der Waals surface area contributed by atoms with Gasteiger partial charge >= 0.3 is 0 Å². The first-order valence-electron chi connectivity index (χ1n) is 10.6. The van der Waals surface area contributed by atoms with Gasteiger partial charge in [0.15, 0.2) is 5.76 Å². The quantitative estimate of drug-likeness (QED) is 0.644. The molecule has 3 heterocycles. The Hall–Kier alpha value is -3.05. The fourth-order valence-electron chi connectivity index (χ4n) is 4.73. The summed E-state index contributed by atoms with van der Waals surface area (Å²) in [5, 5.41) is 11.6. The predicted molar refractivity (Wildman–Crippen MR) is 118 cm³/mol. The Morgan fingerprint density at radius 2 is 2.07 bits per heavy atom. The molecule has 0 saturated carbocycles. The van der Waals surface area contributed by atoms with Gasteiger partial charge in [0, 0.05) is 42.8 Å². The van der Waals surface area contributed by atoms with Crippen LogP contribution in [0.25, 0.3) is 17.0 Å². The molecule has 0 bridgehead atoms. The van der Waals surface area contributed by atoms with Crippen molar-refractivity contribution in [2.45, 2.75) is 26.3 Å². The van der Waals surface area contributed by atoms with Gasteiger partial charge < -0.3 is 14.4 Å². The Morgan fingerprint density at radius 3 is 2.90 bits per heavy atom. The van der Waals surface area contributed by atoms with Crippen LogP contribution in [-0.2, 0) is 13.6 Å². The zero-order valence-electron chi connectivity index (χ0n) is 17.4. The van der Waals surface area contributed by atoms with Crippen LogP contribution >= 0.6 is 0 Å². The molecule has 3 aromatic rings. The summed E-state index contributed by atoms with van der Waals surface area (Å²) in [6.07, 6.45) is 6.21. The molecule has 1 atom stereocenters. The molecule has 0 spiro atoms. The molecule has 0 amide bonds. The van der Waals surface area contributed by atoms with Gasteiger partial charge in [-0.2, -0.15) is 0 Å². The highest BCUT2D eigenvalue weighted by Crippen LogP contribution is 2.41. The number of hydrogen-bond donors (Lipinski definition) is 1. The number of carbonyl (C=O) groups is 1. The van der Waals surface area contributed by atoms with Gasteiger partial charge in [0.25, 0.3) is 0 Å². The average Bonchev–Trinajstić information content (AvgIpc) is 3.22. The summed E-state index contributed by atoms with van der Waals surface area (Å²) in [5.74, 6) is 1.50. The number of Topliss-reactive ketones (excluding diaryl/α,β-unsaturated/α-hetero) is 1. The average molecular weight is 402 g/mol. The number of hydrogen-bond acceptors (Lipinski definition) is 4. The number of fused-ring (bicyclic) bond motifs is 2. The topological polar surface area (TPSA) is 54.7 Å². The zero-order valence-corrected chi connectivity index (χ0v) is 17.4. The summed E-state index contributed by atoms with van der Waals surface area (Å²) < 4.78 is 8.12. The summed E-state index contributed by atoms with van der Waals surface area (Å²) in [7, 11) is 1.99. The molecule has 0 radical (unpaired) electrons. The molecule has 1 aromatic heterocycles. The monoisotopic (exact) mass is 402 g/mol. The Morgan fingerprint density at radius 1 is 1.23 bits per heavy atom. The lowest BCUT2D eigenvalue weighted by atomic mass is 9.99. The number of allylic oxidation sites excluding steroid dienone is 1. The third-order valence-corrected chi connectivity index (χ3v) is 6.25. The zero-order chi connectivity index (χ0) is 20.8. The van der Waals surface area contributed by atoms with Crippen molar-refractivity contribution in [3.63, 3.8) is 0 Å². The lowest BCUT2D eigenvalue weighted by molar-refractivity contribution is 0.101. The van der Waals surface area contributed by atoms with Gasteiger partial charge in [-0.05, 0) is 49.6 Å². The lowest BCUT2D eigenvalue weighted by Crippen LogP contribution is -2.33. The van der Waals surface area contributed by atoms with Crippen LogP contribution in [0, 0.1) is 5.92 Å². The fraction of sp³-hybridized carbons (Fsp3) is 0.320. The van der Waals surface area contributed by atoms with Crippen LogP contribution in [0.4, 0.5) is 0 Å². The first kappa shape index (κ1) is 18.9. The molecule has 154 valence electrons. The van der Waals surface area contributed by atoms with Crippen LogP contribution < -0.4 is 4.74 Å². The number of aryl methyl sites for hydroxylation is 1. The van der Waals surface area contributed by atoms with Crippen molar-refractivity contribution in [3.05, 3.63) is 65.0 Å². The number of para-hydroxylation sites is 1. The maximum Gasteiger partial charge on any atom is 0.231 e. The Kier molecular flexibility index (Phi) is 4.63. The second kappa shape index (κ2) is 7.33. The number of aromatic nitrogens is 1. The number of ether oxygens (including phenoxy) is 1. The van der Waals surface area contributed by atoms with E-state index in [0.717, 1.165) is 36.0 Å². The lowest BCUT2D eigenvalue weighted by Gasteiger charge is -2.31. The summed E-state index contributed by atoms with van der Waals surface area (Å²) >= 11 is 0. The van der Waals surface area contributed by atoms with E-state index in [1.165, 1.54) is 6.42 Å². The normalized spacial score (nSPS) is 20.7. The van der Waals surface area contributed by atoms with E-state index in [0.29, 0.717) is 35.1 Å². The van der Waals surface area contributed by atoms with Crippen LogP contribution in [0.3, 0.4) is 0 Å². The van der Waals surface area contributed by atoms with E-state index in [9.17, 15) is 9.90 Å². The highest BCUT2D eigenvalue weighted by molar-refractivity contribution is 6.15. The van der Waals surface area contributed by atoms with Crippen molar-refractivity contribution in [1.29, 1.82) is 0 Å². The molecule has 5 nitrogen and oxygen atoms in total. The molecule has 5 heteroatoms. The summed E-state index contributed by atoms with van der Waals surface area (Å²) in [4.78, 5) is 15.4. The van der Waals surface area contributed by atoms with Gasteiger partial charge in [-0.15, -0.1) is 0 Å². The van der Waals surface area contributed by atoms with Gasteiger partial charge in [0.05, 0.1) is 11.1 Å². The number of ketones is 1. The van der Waals surface area contributed by atoms with Crippen LogP contribution in [0.15, 0.2) is 48.4 Å². The van der Waals surface area contributed by atoms with Crippen LogP contribution in [0.5, 0.6) is 11.5 Å². The highest BCUT2D eigenvalue weighted by Gasteiger charge is 2.32. The SMILES string of the molecule is C[C@@H]1CCCN(Cc2c(O)ccc3c2O/C(=C\c2cn(C)c4ccccc24)C3=O)C1. The number of phenols is 1. The van der Waals surface area contributed by atoms with E-state index in [1.54, 1.807) is 12.1 Å². The van der Waals surface area contributed by atoms with E-state index in [2.05, 4.69) is 17.9 Å². The van der Waals surface area contributed by atoms with E-state index in [4.69, 9.17) is 4.74 Å². The number of benzene rings is 2. The van der Waals surface area contributed by atoms with Crippen molar-refractivity contribution < 1.29 is 14.6 Å². The van der Waals surface area contributed by atoms with Crippen LogP contribution in [-0.4, -0.2) is 33.4 Å². The van der Waals surface area contributed by atoms with Crippen molar-refractivity contribution >= 4 is 22.8 Å². The Labute approximate surface area is 176 Å². The van der Waals surface area contributed by atoms with Crippen molar-refractivity contribution in [2.75, 3.05) is 13.1 Å². The molecular weight excluding hydrogens is 376 g/mol. The first-order chi connectivity index (χ1) is 14.5. The van der Waals surface area contributed by atoms with Gasteiger partial charge in [0.2, 0.25) is 5.78 Å². The van der Waals surface area contributed by atoms with Crippen LogP contribution in [0.1, 0.15) is 41.3 Å². The van der Waals surface area contributed by atoms with Crippen molar-refractivity contribution in [2.24, 2.45) is 13.0 Å². The van der Waals surface area contributed by atoms with Gasteiger partial charge in [-0.3, -0.25) is 9.69 Å². The Bertz CT molecular complexity index is 1170. The molecule has 2 aromatic carbocycles. The van der Waals surface area contributed by atoms with Crippen LogP contribution in [0.2, 0.25) is 0 Å². The molecule has 2 aliphatic rings. The van der Waals surface area contributed by atoms with Gasteiger partial charge in [0.1, 0.15) is 11.5 Å². The van der Waals surface area contributed by atoms with Gasteiger partial charge in [-0.25, -0.2) is 0 Å². The second-order valence-corrected chi connectivity index (χ2v) is 8.57.